The van der Waals surface area contributed by atoms with Crippen LogP contribution in [-0.4, -0.2) is 48.3 Å². The smallest absolute Gasteiger partial charge is 0.381 e. The molecule has 2 rings (SSSR count). The fourth-order valence-electron chi connectivity index (χ4n) is 2.06. The van der Waals surface area contributed by atoms with E-state index >= 15 is 0 Å². The zero-order chi connectivity index (χ0) is 12.7. The van der Waals surface area contributed by atoms with Crippen molar-refractivity contribution in [2.45, 2.75) is 24.6 Å². The van der Waals surface area contributed by atoms with Gasteiger partial charge in [-0.1, -0.05) is 0 Å². The summed E-state index contributed by atoms with van der Waals surface area (Å²) in [6, 6.07) is -0.978. The molecule has 2 aliphatic rings. The lowest BCUT2D eigenvalue weighted by atomic mass is 9.90. The molecule has 0 radical (unpaired) electrons. The highest BCUT2D eigenvalue weighted by Crippen LogP contribution is 2.30. The van der Waals surface area contributed by atoms with E-state index < -0.39 is 30.2 Å². The number of urea groups is 1. The first-order chi connectivity index (χ1) is 7.84. The van der Waals surface area contributed by atoms with Gasteiger partial charge in [0.15, 0.2) is 0 Å². The minimum Gasteiger partial charge on any atom is -0.381 e. The molecule has 1 N–H and O–H groups in total. The van der Waals surface area contributed by atoms with Gasteiger partial charge in [0.25, 0.3) is 5.91 Å². The van der Waals surface area contributed by atoms with Crippen LogP contribution in [0.3, 0.4) is 0 Å². The topological polar surface area (TPSA) is 58.6 Å². The zero-order valence-electron chi connectivity index (χ0n) is 8.84. The van der Waals surface area contributed by atoms with Gasteiger partial charge in [-0.2, -0.15) is 13.2 Å². The molecule has 0 unspecified atom stereocenters. The van der Waals surface area contributed by atoms with Crippen molar-refractivity contribution >= 4 is 11.9 Å². The van der Waals surface area contributed by atoms with Crippen LogP contribution in [0.15, 0.2) is 0 Å². The number of amides is 3. The molecule has 5 nitrogen and oxygen atoms in total. The summed E-state index contributed by atoms with van der Waals surface area (Å²) in [6.07, 6.45) is -4.15. The van der Waals surface area contributed by atoms with E-state index in [1.807, 2.05) is 0 Å². The van der Waals surface area contributed by atoms with Gasteiger partial charge in [-0.15, -0.1) is 0 Å². The van der Waals surface area contributed by atoms with Crippen molar-refractivity contribution in [1.82, 2.24) is 10.2 Å². The Morgan fingerprint density at radius 1 is 1.29 bits per heavy atom. The number of carbonyl (C=O) groups is 2. The molecule has 1 spiro atoms. The number of nitrogens with one attached hydrogen (secondary N) is 1. The van der Waals surface area contributed by atoms with Gasteiger partial charge in [-0.05, 0) is 0 Å². The molecule has 0 bridgehead atoms. The lowest BCUT2D eigenvalue weighted by molar-refractivity contribution is -0.156. The van der Waals surface area contributed by atoms with E-state index in [-0.39, 0.29) is 31.0 Å². The number of halogens is 3. The van der Waals surface area contributed by atoms with Crippen molar-refractivity contribution in [2.24, 2.45) is 0 Å². The van der Waals surface area contributed by atoms with Crippen LogP contribution < -0.4 is 5.32 Å². The highest BCUT2D eigenvalue weighted by Gasteiger charge is 2.54. The van der Waals surface area contributed by atoms with Crippen molar-refractivity contribution in [3.63, 3.8) is 0 Å². The average Bonchev–Trinajstić information content (AvgIpc) is 2.43. The number of nitrogens with zero attached hydrogens (tertiary/aromatic N) is 1. The summed E-state index contributed by atoms with van der Waals surface area (Å²) < 4.78 is 41.7. The van der Waals surface area contributed by atoms with Crippen molar-refractivity contribution in [2.75, 3.05) is 19.8 Å². The Morgan fingerprint density at radius 3 is 2.41 bits per heavy atom. The summed E-state index contributed by atoms with van der Waals surface area (Å²) in [5, 5.41) is 2.35. The Balaban J connectivity index is 2.16. The van der Waals surface area contributed by atoms with E-state index in [4.69, 9.17) is 4.74 Å². The summed E-state index contributed by atoms with van der Waals surface area (Å²) in [5.74, 6) is -0.803. The van der Waals surface area contributed by atoms with E-state index in [9.17, 15) is 22.8 Å². The second-order valence-electron chi connectivity index (χ2n) is 4.13. The summed E-state index contributed by atoms with van der Waals surface area (Å²) in [5.41, 5.74) is -1.19. The van der Waals surface area contributed by atoms with Crippen LogP contribution in [0.5, 0.6) is 0 Å². The van der Waals surface area contributed by atoms with E-state index in [0.29, 0.717) is 0 Å². The van der Waals surface area contributed by atoms with Crippen molar-refractivity contribution in [1.29, 1.82) is 0 Å². The van der Waals surface area contributed by atoms with E-state index in [1.54, 1.807) is 0 Å². The zero-order valence-corrected chi connectivity index (χ0v) is 8.84. The molecule has 2 heterocycles. The molecule has 0 saturated carbocycles. The molecule has 2 saturated heterocycles. The molecule has 0 aromatic heterocycles. The van der Waals surface area contributed by atoms with Gasteiger partial charge in [0.2, 0.25) is 0 Å². The molecule has 0 atom stereocenters. The number of imide groups is 1. The van der Waals surface area contributed by atoms with E-state index in [0.717, 1.165) is 0 Å². The lowest BCUT2D eigenvalue weighted by Gasteiger charge is -2.30. The Kier molecular flexibility index (Phi) is 2.76. The number of ether oxygens (including phenoxy) is 1. The van der Waals surface area contributed by atoms with Gasteiger partial charge in [-0.25, -0.2) is 4.79 Å². The fraction of sp³-hybridized carbons (Fsp3) is 0.778. The highest BCUT2D eigenvalue weighted by atomic mass is 19.4. The Morgan fingerprint density at radius 2 is 1.88 bits per heavy atom. The number of alkyl halides is 3. The van der Waals surface area contributed by atoms with Gasteiger partial charge in [0.05, 0.1) is 0 Å². The van der Waals surface area contributed by atoms with Crippen LogP contribution >= 0.6 is 0 Å². The minimum atomic E-state index is -4.58. The predicted octanol–water partition coefficient (Wildman–Crippen LogP) is 0.650. The molecule has 2 aliphatic heterocycles. The van der Waals surface area contributed by atoms with Crippen LogP contribution in [0, 0.1) is 0 Å². The van der Waals surface area contributed by atoms with Crippen LogP contribution in [-0.2, 0) is 9.53 Å². The number of rotatable bonds is 1. The van der Waals surface area contributed by atoms with Gasteiger partial charge in [-0.3, -0.25) is 9.69 Å². The Labute approximate surface area is 94.9 Å². The third-order valence-corrected chi connectivity index (χ3v) is 2.93. The van der Waals surface area contributed by atoms with Crippen LogP contribution in [0.1, 0.15) is 12.8 Å². The Hall–Kier alpha value is -1.31. The largest absolute Gasteiger partial charge is 0.406 e. The van der Waals surface area contributed by atoms with Gasteiger partial charge in [0.1, 0.15) is 12.1 Å². The maximum atomic E-state index is 12.2. The first kappa shape index (κ1) is 12.2. The molecule has 3 amide bonds. The number of hydrogen-bond donors (Lipinski definition) is 1. The highest BCUT2D eigenvalue weighted by molar-refractivity contribution is 6.07. The van der Waals surface area contributed by atoms with E-state index in [1.165, 1.54) is 0 Å². The maximum Gasteiger partial charge on any atom is 0.406 e. The first-order valence-corrected chi connectivity index (χ1v) is 5.13. The predicted molar refractivity (Wildman–Crippen MR) is 49.1 cm³/mol. The molecular weight excluding hydrogens is 241 g/mol. The van der Waals surface area contributed by atoms with Crippen molar-refractivity contribution in [3.05, 3.63) is 0 Å². The van der Waals surface area contributed by atoms with Gasteiger partial charge in [0, 0.05) is 26.1 Å². The second-order valence-corrected chi connectivity index (χ2v) is 4.13. The third-order valence-electron chi connectivity index (χ3n) is 2.93. The lowest BCUT2D eigenvalue weighted by Crippen LogP contribution is -2.51. The fourth-order valence-corrected chi connectivity index (χ4v) is 2.06. The SMILES string of the molecule is O=C1NC2(CCOCC2)C(=O)N1CC(F)(F)F. The molecule has 17 heavy (non-hydrogen) atoms. The molecular formula is C9H11F3N2O3. The first-order valence-electron chi connectivity index (χ1n) is 5.13. The van der Waals surface area contributed by atoms with Crippen LogP contribution in [0.25, 0.3) is 0 Å². The monoisotopic (exact) mass is 252 g/mol. The normalized spacial score (nSPS) is 24.3. The summed E-state index contributed by atoms with van der Waals surface area (Å²) in [6.45, 7) is -1.03. The summed E-state index contributed by atoms with van der Waals surface area (Å²) >= 11 is 0. The third kappa shape index (κ3) is 2.21. The molecule has 0 aromatic rings. The number of hydrogen-bond acceptors (Lipinski definition) is 3. The molecule has 0 aromatic carbocycles. The molecule has 0 aliphatic carbocycles. The van der Waals surface area contributed by atoms with Crippen molar-refractivity contribution < 1.29 is 27.5 Å². The number of carbonyl (C=O) groups excluding carboxylic acids is 2. The van der Waals surface area contributed by atoms with Gasteiger partial charge < -0.3 is 10.1 Å². The van der Waals surface area contributed by atoms with Crippen LogP contribution in [0.4, 0.5) is 18.0 Å². The summed E-state index contributed by atoms with van der Waals surface area (Å²) in [7, 11) is 0. The molecule has 2 fully saturated rings. The average molecular weight is 252 g/mol. The molecule has 8 heteroatoms. The standard InChI is InChI=1S/C9H11F3N2O3/c10-9(11,12)5-14-6(15)8(13-7(14)16)1-3-17-4-2-8/h1-5H2,(H,13,16). The van der Waals surface area contributed by atoms with Crippen molar-refractivity contribution in [3.8, 4) is 0 Å². The van der Waals surface area contributed by atoms with E-state index in [2.05, 4.69) is 5.32 Å². The minimum absolute atomic E-state index is 0.214. The Bertz CT molecular complexity index is 350. The quantitative estimate of drug-likeness (QED) is 0.697. The van der Waals surface area contributed by atoms with Gasteiger partial charge >= 0.3 is 12.2 Å². The maximum absolute atomic E-state index is 12.2. The second kappa shape index (κ2) is 3.86. The molecule has 96 valence electrons. The summed E-state index contributed by atoms with van der Waals surface area (Å²) in [4.78, 5) is 23.5. The van der Waals surface area contributed by atoms with Crippen LogP contribution in [0.2, 0.25) is 0 Å².